The van der Waals surface area contributed by atoms with E-state index in [9.17, 15) is 19.2 Å². The largest absolute Gasteiger partial charge is 0.481 e. The molecule has 1 heterocycles. The van der Waals surface area contributed by atoms with Crippen molar-refractivity contribution in [2.45, 2.75) is 12.5 Å². The Labute approximate surface area is 120 Å². The monoisotopic (exact) mass is 302 g/mol. The van der Waals surface area contributed by atoms with Gasteiger partial charge in [0.15, 0.2) is 0 Å². The third-order valence-electron chi connectivity index (χ3n) is 2.73. The molecular weight excluding hydrogens is 284 g/mol. The fourth-order valence-corrected chi connectivity index (χ4v) is 1.83. The average Bonchev–Trinajstić information content (AvgIpc) is 2.39. The smallest absolute Gasteiger partial charge is 0.318 e. The number of rotatable bonds is 7. The molecule has 0 spiro atoms. The summed E-state index contributed by atoms with van der Waals surface area (Å²) in [6, 6.07) is -1.60. The van der Waals surface area contributed by atoms with Crippen molar-refractivity contribution in [3.8, 4) is 0 Å². The van der Waals surface area contributed by atoms with Gasteiger partial charge >= 0.3 is 12.0 Å². The van der Waals surface area contributed by atoms with Gasteiger partial charge in [-0.25, -0.2) is 4.79 Å². The molecule has 1 aliphatic heterocycles. The minimum Gasteiger partial charge on any atom is -0.481 e. The number of amides is 4. The average molecular weight is 302 g/mol. The highest BCUT2D eigenvalue weighted by molar-refractivity contribution is 5.91. The van der Waals surface area contributed by atoms with Crippen LogP contribution in [0.5, 0.6) is 0 Å². The third kappa shape index (κ3) is 5.65. The summed E-state index contributed by atoms with van der Waals surface area (Å²) >= 11 is 0. The topological polar surface area (TPSA) is 151 Å². The SMILES string of the molecule is NC(=O)COCCNC(=O)N1CCNC(=O)C1CC(=O)O. The first-order chi connectivity index (χ1) is 9.91. The maximum Gasteiger partial charge on any atom is 0.318 e. The van der Waals surface area contributed by atoms with Gasteiger partial charge in [-0.2, -0.15) is 0 Å². The molecular formula is C11H18N4O6. The van der Waals surface area contributed by atoms with Crippen molar-refractivity contribution in [3.63, 3.8) is 0 Å². The number of nitrogens with one attached hydrogen (secondary N) is 2. The van der Waals surface area contributed by atoms with Crippen LogP contribution in [0, 0.1) is 0 Å². The number of hydrogen-bond donors (Lipinski definition) is 4. The van der Waals surface area contributed by atoms with Gasteiger partial charge in [-0.3, -0.25) is 14.4 Å². The fraction of sp³-hybridized carbons (Fsp3) is 0.636. The van der Waals surface area contributed by atoms with Crippen LogP contribution in [0.15, 0.2) is 0 Å². The lowest BCUT2D eigenvalue weighted by atomic mass is 10.1. The van der Waals surface area contributed by atoms with E-state index in [0.29, 0.717) is 0 Å². The van der Waals surface area contributed by atoms with E-state index in [-0.39, 0.29) is 32.8 Å². The van der Waals surface area contributed by atoms with Gasteiger partial charge in [-0.05, 0) is 0 Å². The Bertz CT molecular complexity index is 427. The number of primary amides is 1. The molecule has 21 heavy (non-hydrogen) atoms. The summed E-state index contributed by atoms with van der Waals surface area (Å²) in [5, 5.41) is 13.8. The third-order valence-corrected chi connectivity index (χ3v) is 2.73. The maximum atomic E-state index is 11.9. The first-order valence-electron chi connectivity index (χ1n) is 6.32. The second-order valence-corrected chi connectivity index (χ2v) is 4.35. The number of carboxylic acid groups (broad SMARTS) is 1. The first kappa shape index (κ1) is 16.7. The van der Waals surface area contributed by atoms with Crippen LogP contribution in [-0.4, -0.2) is 72.7 Å². The minimum atomic E-state index is -1.17. The normalized spacial score (nSPS) is 18.0. The van der Waals surface area contributed by atoms with Gasteiger partial charge < -0.3 is 31.1 Å². The van der Waals surface area contributed by atoms with Gasteiger partial charge in [0.1, 0.15) is 12.6 Å². The summed E-state index contributed by atoms with van der Waals surface area (Å²) in [6.45, 7) is 0.435. The molecule has 4 amide bonds. The van der Waals surface area contributed by atoms with E-state index in [2.05, 4.69) is 10.6 Å². The molecule has 1 aliphatic rings. The standard InChI is InChI=1S/C11H18N4O6/c12-8(16)6-21-4-2-14-11(20)15-3-1-13-10(19)7(15)5-9(17)18/h7H,1-6H2,(H2,12,16)(H,13,19)(H,14,20)(H,17,18). The van der Waals surface area contributed by atoms with Crippen molar-refractivity contribution in [3.05, 3.63) is 0 Å². The summed E-state index contributed by atoms with van der Waals surface area (Å²) in [5.41, 5.74) is 4.87. The second-order valence-electron chi connectivity index (χ2n) is 4.35. The van der Waals surface area contributed by atoms with E-state index < -0.39 is 36.3 Å². The molecule has 1 fully saturated rings. The Kier molecular flexibility index (Phi) is 6.40. The Morgan fingerprint density at radius 3 is 2.81 bits per heavy atom. The zero-order valence-corrected chi connectivity index (χ0v) is 11.3. The van der Waals surface area contributed by atoms with Crippen LogP contribution in [0.1, 0.15) is 6.42 Å². The van der Waals surface area contributed by atoms with Crippen LogP contribution in [0.25, 0.3) is 0 Å². The van der Waals surface area contributed by atoms with Gasteiger partial charge in [0.25, 0.3) is 0 Å². The highest BCUT2D eigenvalue weighted by Crippen LogP contribution is 2.09. The molecule has 0 aliphatic carbocycles. The molecule has 1 atom stereocenters. The number of piperazine rings is 1. The molecule has 1 rings (SSSR count). The highest BCUT2D eigenvalue weighted by atomic mass is 16.5. The summed E-state index contributed by atoms with van der Waals surface area (Å²) in [5.74, 6) is -2.28. The quantitative estimate of drug-likeness (QED) is 0.381. The fourth-order valence-electron chi connectivity index (χ4n) is 1.83. The summed E-state index contributed by atoms with van der Waals surface area (Å²) in [7, 11) is 0. The van der Waals surface area contributed by atoms with E-state index >= 15 is 0 Å². The van der Waals surface area contributed by atoms with Gasteiger partial charge in [0.05, 0.1) is 13.0 Å². The minimum absolute atomic E-state index is 0.0817. The number of hydrogen-bond acceptors (Lipinski definition) is 5. The second kappa shape index (κ2) is 8.04. The van der Waals surface area contributed by atoms with Gasteiger partial charge in [-0.15, -0.1) is 0 Å². The van der Waals surface area contributed by atoms with E-state index in [1.165, 1.54) is 4.90 Å². The number of carbonyl (C=O) groups is 4. The molecule has 0 saturated carbocycles. The van der Waals surface area contributed by atoms with E-state index in [4.69, 9.17) is 15.6 Å². The summed E-state index contributed by atoms with van der Waals surface area (Å²) in [6.07, 6.45) is -0.461. The lowest BCUT2D eigenvalue weighted by Crippen LogP contribution is -2.60. The van der Waals surface area contributed by atoms with Crippen LogP contribution in [0.4, 0.5) is 4.79 Å². The molecule has 0 aromatic heterocycles. The number of urea groups is 1. The number of ether oxygens (including phenoxy) is 1. The Hall–Kier alpha value is -2.36. The molecule has 5 N–H and O–H groups in total. The van der Waals surface area contributed by atoms with E-state index in [0.717, 1.165) is 0 Å². The molecule has 10 heteroatoms. The van der Waals surface area contributed by atoms with Crippen LogP contribution in [0.2, 0.25) is 0 Å². The van der Waals surface area contributed by atoms with Crippen LogP contribution in [0.3, 0.4) is 0 Å². The molecule has 0 aromatic carbocycles. The lowest BCUT2D eigenvalue weighted by molar-refractivity contribution is -0.142. The van der Waals surface area contributed by atoms with Crippen molar-refractivity contribution in [1.82, 2.24) is 15.5 Å². The number of carboxylic acids is 1. The van der Waals surface area contributed by atoms with E-state index in [1.807, 2.05) is 0 Å². The summed E-state index contributed by atoms with van der Waals surface area (Å²) < 4.78 is 4.86. The molecule has 0 aromatic rings. The molecule has 10 nitrogen and oxygen atoms in total. The Balaban J connectivity index is 2.44. The number of carbonyl (C=O) groups excluding carboxylic acids is 3. The van der Waals surface area contributed by atoms with E-state index in [1.54, 1.807) is 0 Å². The van der Waals surface area contributed by atoms with Crippen molar-refractivity contribution >= 4 is 23.8 Å². The predicted molar refractivity (Wildman–Crippen MR) is 69.2 cm³/mol. The Morgan fingerprint density at radius 1 is 1.48 bits per heavy atom. The molecule has 1 saturated heterocycles. The van der Waals surface area contributed by atoms with Crippen molar-refractivity contribution < 1.29 is 29.0 Å². The van der Waals surface area contributed by atoms with Gasteiger partial charge in [0, 0.05) is 19.6 Å². The lowest BCUT2D eigenvalue weighted by Gasteiger charge is -2.34. The molecule has 0 bridgehead atoms. The van der Waals surface area contributed by atoms with Gasteiger partial charge in [0.2, 0.25) is 11.8 Å². The zero-order chi connectivity index (χ0) is 15.8. The highest BCUT2D eigenvalue weighted by Gasteiger charge is 2.34. The predicted octanol–water partition coefficient (Wildman–Crippen LogP) is -2.53. The number of nitrogens with two attached hydrogens (primary N) is 1. The van der Waals surface area contributed by atoms with Crippen molar-refractivity contribution in [2.75, 3.05) is 32.8 Å². The van der Waals surface area contributed by atoms with Gasteiger partial charge in [-0.1, -0.05) is 0 Å². The molecule has 0 radical (unpaired) electrons. The van der Waals surface area contributed by atoms with Crippen molar-refractivity contribution in [2.24, 2.45) is 5.73 Å². The Morgan fingerprint density at radius 2 is 2.19 bits per heavy atom. The van der Waals surface area contributed by atoms with Crippen LogP contribution >= 0.6 is 0 Å². The maximum absolute atomic E-state index is 11.9. The molecule has 1 unspecified atom stereocenters. The van der Waals surface area contributed by atoms with Crippen LogP contribution < -0.4 is 16.4 Å². The summed E-state index contributed by atoms with van der Waals surface area (Å²) in [4.78, 5) is 45.9. The zero-order valence-electron chi connectivity index (χ0n) is 11.3. The number of aliphatic carboxylic acids is 1. The van der Waals surface area contributed by atoms with Crippen molar-refractivity contribution in [1.29, 1.82) is 0 Å². The first-order valence-corrected chi connectivity index (χ1v) is 6.32. The molecule has 118 valence electrons. The van der Waals surface area contributed by atoms with Crippen LogP contribution in [-0.2, 0) is 19.1 Å². The number of nitrogens with zero attached hydrogens (tertiary/aromatic N) is 1.